The molecule has 0 bridgehead atoms. The zero-order valence-electron chi connectivity index (χ0n) is 12.2. The standard InChI is InChI=1S/C14H16F3N3O2S/c15-14(16,17)23-5-4-19-13(22)11-6-12(21)20(9-11)8-10-2-1-3-18-7-10/h1-3,7,11H,4-6,8-9H2,(H,19,22)/t11-/m1/s1. The van der Waals surface area contributed by atoms with Gasteiger partial charge in [-0.1, -0.05) is 6.07 Å². The Morgan fingerprint density at radius 3 is 2.91 bits per heavy atom. The molecule has 2 rings (SSSR count). The summed E-state index contributed by atoms with van der Waals surface area (Å²) < 4.78 is 36.0. The van der Waals surface area contributed by atoms with Gasteiger partial charge in [-0.25, -0.2) is 0 Å². The number of carbonyl (C=O) groups is 2. The summed E-state index contributed by atoms with van der Waals surface area (Å²) >= 11 is -0.178. The Morgan fingerprint density at radius 1 is 1.48 bits per heavy atom. The first-order chi connectivity index (χ1) is 10.8. The van der Waals surface area contributed by atoms with Gasteiger partial charge in [0.2, 0.25) is 11.8 Å². The van der Waals surface area contributed by atoms with Crippen LogP contribution in [0.15, 0.2) is 24.5 Å². The second-order valence-corrected chi connectivity index (χ2v) is 6.28. The lowest BCUT2D eigenvalue weighted by Crippen LogP contribution is -2.34. The van der Waals surface area contributed by atoms with Crippen LogP contribution < -0.4 is 5.32 Å². The lowest BCUT2D eigenvalue weighted by Gasteiger charge is -2.16. The molecule has 1 aromatic rings. The van der Waals surface area contributed by atoms with Gasteiger partial charge in [0.1, 0.15) is 0 Å². The summed E-state index contributed by atoms with van der Waals surface area (Å²) in [5, 5.41) is 2.45. The predicted molar refractivity (Wildman–Crippen MR) is 79.3 cm³/mol. The summed E-state index contributed by atoms with van der Waals surface area (Å²) in [6.07, 6.45) is 3.36. The highest BCUT2D eigenvalue weighted by Crippen LogP contribution is 2.29. The van der Waals surface area contributed by atoms with Crippen molar-refractivity contribution in [3.05, 3.63) is 30.1 Å². The van der Waals surface area contributed by atoms with Crippen LogP contribution in [0, 0.1) is 5.92 Å². The number of thioether (sulfide) groups is 1. The molecular weight excluding hydrogens is 331 g/mol. The van der Waals surface area contributed by atoms with Crippen molar-refractivity contribution in [2.45, 2.75) is 18.5 Å². The molecule has 126 valence electrons. The van der Waals surface area contributed by atoms with Crippen molar-refractivity contribution in [3.63, 3.8) is 0 Å². The third kappa shape index (κ3) is 5.74. The summed E-state index contributed by atoms with van der Waals surface area (Å²) in [6.45, 7) is 0.572. The van der Waals surface area contributed by atoms with Crippen LogP contribution in [0.1, 0.15) is 12.0 Å². The van der Waals surface area contributed by atoms with Crippen LogP contribution in [-0.2, 0) is 16.1 Å². The zero-order chi connectivity index (χ0) is 16.9. The number of nitrogens with one attached hydrogen (secondary N) is 1. The molecule has 0 radical (unpaired) electrons. The van der Waals surface area contributed by atoms with E-state index in [4.69, 9.17) is 0 Å². The molecule has 1 N–H and O–H groups in total. The number of carbonyl (C=O) groups excluding carboxylic acids is 2. The van der Waals surface area contributed by atoms with Gasteiger partial charge in [0.25, 0.3) is 0 Å². The molecule has 1 aromatic heterocycles. The fourth-order valence-corrected chi connectivity index (χ4v) is 2.73. The van der Waals surface area contributed by atoms with E-state index >= 15 is 0 Å². The number of hydrogen-bond donors (Lipinski definition) is 1. The number of amides is 2. The van der Waals surface area contributed by atoms with Crippen LogP contribution in [0.3, 0.4) is 0 Å². The Balaban J connectivity index is 1.76. The molecular formula is C14H16F3N3O2S. The number of nitrogens with zero attached hydrogens (tertiary/aromatic N) is 2. The summed E-state index contributed by atoms with van der Waals surface area (Å²) in [6, 6.07) is 3.60. The second kappa shape index (κ2) is 7.67. The molecule has 2 amide bonds. The molecule has 0 aliphatic carbocycles. The average Bonchev–Trinajstić information content (AvgIpc) is 2.85. The summed E-state index contributed by atoms with van der Waals surface area (Å²) in [5.41, 5.74) is -3.43. The Kier molecular flexibility index (Phi) is 5.86. The first-order valence-corrected chi connectivity index (χ1v) is 7.99. The van der Waals surface area contributed by atoms with Gasteiger partial charge < -0.3 is 10.2 Å². The van der Waals surface area contributed by atoms with E-state index in [0.29, 0.717) is 6.54 Å². The molecule has 1 aliphatic heterocycles. The maximum Gasteiger partial charge on any atom is 0.441 e. The largest absolute Gasteiger partial charge is 0.441 e. The van der Waals surface area contributed by atoms with Crippen LogP contribution in [0.25, 0.3) is 0 Å². The molecule has 9 heteroatoms. The van der Waals surface area contributed by atoms with Crippen LogP contribution in [0.2, 0.25) is 0 Å². The summed E-state index contributed by atoms with van der Waals surface area (Å²) in [5.74, 6) is -1.28. The molecule has 1 fully saturated rings. The van der Waals surface area contributed by atoms with Crippen molar-refractivity contribution >= 4 is 23.6 Å². The van der Waals surface area contributed by atoms with E-state index in [1.807, 2.05) is 6.07 Å². The Hall–Kier alpha value is -1.77. The van der Waals surface area contributed by atoms with Gasteiger partial charge in [-0.15, -0.1) is 0 Å². The highest BCUT2D eigenvalue weighted by Gasteiger charge is 2.34. The van der Waals surface area contributed by atoms with Crippen LogP contribution in [0.4, 0.5) is 13.2 Å². The molecule has 5 nitrogen and oxygen atoms in total. The molecule has 1 saturated heterocycles. The zero-order valence-corrected chi connectivity index (χ0v) is 13.0. The quantitative estimate of drug-likeness (QED) is 0.797. The molecule has 0 saturated carbocycles. The third-order valence-corrected chi connectivity index (χ3v) is 4.08. The fraction of sp³-hybridized carbons (Fsp3) is 0.500. The summed E-state index contributed by atoms with van der Waals surface area (Å²) in [4.78, 5) is 29.4. The Morgan fingerprint density at radius 2 is 2.26 bits per heavy atom. The lowest BCUT2D eigenvalue weighted by atomic mass is 10.1. The van der Waals surface area contributed by atoms with Gasteiger partial charge in [-0.05, 0) is 23.4 Å². The van der Waals surface area contributed by atoms with Crippen molar-refractivity contribution in [1.29, 1.82) is 0 Å². The van der Waals surface area contributed by atoms with Crippen LogP contribution in [-0.4, -0.2) is 46.0 Å². The highest BCUT2D eigenvalue weighted by molar-refractivity contribution is 8.00. The van der Waals surface area contributed by atoms with E-state index in [0.717, 1.165) is 5.56 Å². The number of aromatic nitrogens is 1. The molecule has 1 aliphatic rings. The van der Waals surface area contributed by atoms with Crippen molar-refractivity contribution < 1.29 is 22.8 Å². The molecule has 0 spiro atoms. The topological polar surface area (TPSA) is 62.3 Å². The van der Waals surface area contributed by atoms with Crippen molar-refractivity contribution in [1.82, 2.24) is 15.2 Å². The molecule has 0 unspecified atom stereocenters. The first-order valence-electron chi connectivity index (χ1n) is 7.00. The smallest absolute Gasteiger partial charge is 0.355 e. The third-order valence-electron chi connectivity index (χ3n) is 3.35. The normalized spacial score (nSPS) is 18.3. The Labute approximate surface area is 135 Å². The van der Waals surface area contributed by atoms with Gasteiger partial charge in [0, 0.05) is 44.2 Å². The minimum atomic E-state index is -4.30. The minimum absolute atomic E-state index is 0.0731. The predicted octanol–water partition coefficient (Wildman–Crippen LogP) is 1.80. The van der Waals surface area contributed by atoms with E-state index in [9.17, 15) is 22.8 Å². The molecule has 23 heavy (non-hydrogen) atoms. The van der Waals surface area contributed by atoms with Crippen molar-refractivity contribution in [3.8, 4) is 0 Å². The lowest BCUT2D eigenvalue weighted by molar-refractivity contribution is -0.129. The van der Waals surface area contributed by atoms with Crippen LogP contribution >= 0.6 is 11.8 Å². The maximum absolute atomic E-state index is 12.0. The minimum Gasteiger partial charge on any atom is -0.355 e. The van der Waals surface area contributed by atoms with Gasteiger partial charge >= 0.3 is 5.51 Å². The van der Waals surface area contributed by atoms with Crippen molar-refractivity contribution in [2.75, 3.05) is 18.8 Å². The van der Waals surface area contributed by atoms with Gasteiger partial charge in [-0.3, -0.25) is 14.6 Å². The molecule has 1 atom stereocenters. The van der Waals surface area contributed by atoms with E-state index in [1.54, 1.807) is 23.4 Å². The number of halogens is 3. The number of pyridine rings is 1. The first kappa shape index (κ1) is 17.6. The maximum atomic E-state index is 12.0. The van der Waals surface area contributed by atoms with Crippen molar-refractivity contribution in [2.24, 2.45) is 5.92 Å². The average molecular weight is 347 g/mol. The highest BCUT2D eigenvalue weighted by atomic mass is 32.2. The second-order valence-electron chi connectivity index (χ2n) is 5.12. The monoisotopic (exact) mass is 347 g/mol. The number of rotatable bonds is 6. The number of likely N-dealkylation sites (tertiary alicyclic amines) is 1. The fourth-order valence-electron chi connectivity index (χ4n) is 2.30. The Bertz CT molecular complexity index is 554. The number of hydrogen-bond acceptors (Lipinski definition) is 4. The van der Waals surface area contributed by atoms with Gasteiger partial charge in [-0.2, -0.15) is 13.2 Å². The summed E-state index contributed by atoms with van der Waals surface area (Å²) in [7, 11) is 0. The van der Waals surface area contributed by atoms with E-state index in [-0.39, 0.29) is 48.8 Å². The van der Waals surface area contributed by atoms with Gasteiger partial charge in [0.15, 0.2) is 0 Å². The van der Waals surface area contributed by atoms with Gasteiger partial charge in [0.05, 0.1) is 5.92 Å². The van der Waals surface area contributed by atoms with E-state index < -0.39 is 11.4 Å². The van der Waals surface area contributed by atoms with E-state index in [2.05, 4.69) is 10.3 Å². The van der Waals surface area contributed by atoms with Crippen LogP contribution in [0.5, 0.6) is 0 Å². The molecule has 0 aromatic carbocycles. The SMILES string of the molecule is O=C(NCCSC(F)(F)F)[C@@H]1CC(=O)N(Cc2cccnc2)C1. The number of alkyl halides is 3. The van der Waals surface area contributed by atoms with E-state index in [1.165, 1.54) is 0 Å². The molecule has 2 heterocycles.